The summed E-state index contributed by atoms with van der Waals surface area (Å²) in [5.41, 5.74) is 0.305. The molecular weight excluding hydrogens is 160 g/mol. The van der Waals surface area contributed by atoms with Gasteiger partial charge in [-0.15, -0.1) is 6.58 Å². The van der Waals surface area contributed by atoms with Crippen LogP contribution in [0.15, 0.2) is 12.7 Å². The first kappa shape index (κ1) is 10.8. The first-order valence-electron chi connectivity index (χ1n) is 5.25. The summed E-state index contributed by atoms with van der Waals surface area (Å²) in [6.45, 7) is 10.4. The van der Waals surface area contributed by atoms with E-state index in [0.717, 1.165) is 12.8 Å². The van der Waals surface area contributed by atoms with Crippen molar-refractivity contribution < 1.29 is 5.11 Å². The van der Waals surface area contributed by atoms with Crippen LogP contribution in [-0.4, -0.2) is 11.2 Å². The first-order chi connectivity index (χ1) is 5.96. The molecule has 0 radical (unpaired) electrons. The Morgan fingerprint density at radius 2 is 2.08 bits per heavy atom. The van der Waals surface area contributed by atoms with E-state index in [1.54, 1.807) is 0 Å². The Kier molecular flexibility index (Phi) is 3.18. The zero-order valence-corrected chi connectivity index (χ0v) is 9.09. The molecule has 1 heteroatoms. The van der Waals surface area contributed by atoms with Gasteiger partial charge in [0, 0.05) is 0 Å². The predicted molar refractivity (Wildman–Crippen MR) is 56.5 cm³/mol. The van der Waals surface area contributed by atoms with E-state index in [4.69, 9.17) is 0 Å². The van der Waals surface area contributed by atoms with E-state index in [1.165, 1.54) is 6.42 Å². The Hall–Kier alpha value is -0.300. The molecule has 1 aliphatic carbocycles. The van der Waals surface area contributed by atoms with Crippen molar-refractivity contribution in [2.75, 3.05) is 0 Å². The van der Waals surface area contributed by atoms with Crippen LogP contribution in [0.5, 0.6) is 0 Å². The van der Waals surface area contributed by atoms with Crippen LogP contribution in [0, 0.1) is 17.3 Å². The minimum Gasteiger partial charge on any atom is -0.393 e. The average Bonchev–Trinajstić information content (AvgIpc) is 1.99. The Labute approximate surface area is 81.9 Å². The topological polar surface area (TPSA) is 20.2 Å². The van der Waals surface area contributed by atoms with E-state index in [-0.39, 0.29) is 6.10 Å². The lowest BCUT2D eigenvalue weighted by molar-refractivity contribution is -0.0133. The van der Waals surface area contributed by atoms with E-state index in [9.17, 15) is 5.11 Å². The normalized spacial score (nSPS) is 38.6. The maximum atomic E-state index is 9.88. The van der Waals surface area contributed by atoms with Gasteiger partial charge in [0.15, 0.2) is 0 Å². The monoisotopic (exact) mass is 182 g/mol. The molecule has 13 heavy (non-hydrogen) atoms. The number of aliphatic hydroxyl groups is 1. The van der Waals surface area contributed by atoms with Crippen molar-refractivity contribution in [2.45, 2.75) is 46.1 Å². The molecule has 1 rings (SSSR count). The van der Waals surface area contributed by atoms with E-state index in [2.05, 4.69) is 27.4 Å². The summed E-state index contributed by atoms with van der Waals surface area (Å²) in [5.74, 6) is 1.06. The molecule has 0 aromatic carbocycles. The largest absolute Gasteiger partial charge is 0.393 e. The van der Waals surface area contributed by atoms with Gasteiger partial charge in [-0.25, -0.2) is 0 Å². The van der Waals surface area contributed by atoms with Crippen LogP contribution < -0.4 is 0 Å². The van der Waals surface area contributed by atoms with Crippen molar-refractivity contribution in [1.82, 2.24) is 0 Å². The van der Waals surface area contributed by atoms with Crippen LogP contribution in [-0.2, 0) is 0 Å². The molecule has 0 spiro atoms. The second kappa shape index (κ2) is 3.83. The lowest BCUT2D eigenvalue weighted by atomic mass is 9.65. The number of aliphatic hydroxyl groups excluding tert-OH is 1. The van der Waals surface area contributed by atoms with Crippen LogP contribution in [0.3, 0.4) is 0 Å². The van der Waals surface area contributed by atoms with Crippen molar-refractivity contribution in [1.29, 1.82) is 0 Å². The highest BCUT2D eigenvalue weighted by molar-refractivity contribution is 4.91. The molecule has 3 atom stereocenters. The Balaban J connectivity index is 2.66. The van der Waals surface area contributed by atoms with Gasteiger partial charge in [-0.05, 0) is 36.5 Å². The fourth-order valence-electron chi connectivity index (χ4n) is 2.56. The third-order valence-corrected chi connectivity index (χ3v) is 3.40. The Bertz CT molecular complexity index is 184. The SMILES string of the molecule is C=CC[C@H]1CC(C)(C)C[C@@H](O)[C@@H]1C. The number of rotatable bonds is 2. The predicted octanol–water partition coefficient (Wildman–Crippen LogP) is 3.00. The van der Waals surface area contributed by atoms with Crippen LogP contribution in [0.2, 0.25) is 0 Å². The summed E-state index contributed by atoms with van der Waals surface area (Å²) in [7, 11) is 0. The fraction of sp³-hybridized carbons (Fsp3) is 0.833. The molecular formula is C12H22O. The molecule has 1 nitrogen and oxygen atoms in total. The van der Waals surface area contributed by atoms with Crippen LogP contribution in [0.4, 0.5) is 0 Å². The van der Waals surface area contributed by atoms with E-state index in [0.29, 0.717) is 17.3 Å². The van der Waals surface area contributed by atoms with Crippen molar-refractivity contribution in [3.63, 3.8) is 0 Å². The number of hydrogen-bond donors (Lipinski definition) is 1. The van der Waals surface area contributed by atoms with Gasteiger partial charge in [-0.3, -0.25) is 0 Å². The minimum absolute atomic E-state index is 0.117. The van der Waals surface area contributed by atoms with Gasteiger partial charge >= 0.3 is 0 Å². The summed E-state index contributed by atoms with van der Waals surface area (Å²) in [4.78, 5) is 0. The minimum atomic E-state index is -0.117. The van der Waals surface area contributed by atoms with Gasteiger partial charge in [0.2, 0.25) is 0 Å². The maximum Gasteiger partial charge on any atom is 0.0573 e. The third-order valence-electron chi connectivity index (χ3n) is 3.40. The smallest absolute Gasteiger partial charge is 0.0573 e. The van der Waals surface area contributed by atoms with Crippen molar-refractivity contribution in [2.24, 2.45) is 17.3 Å². The molecule has 0 aliphatic heterocycles. The summed E-state index contributed by atoms with van der Waals surface area (Å²) >= 11 is 0. The molecule has 1 saturated carbocycles. The highest BCUT2D eigenvalue weighted by Crippen LogP contribution is 2.43. The highest BCUT2D eigenvalue weighted by Gasteiger charge is 2.37. The van der Waals surface area contributed by atoms with E-state index in [1.807, 2.05) is 6.08 Å². The number of allylic oxidation sites excluding steroid dienone is 1. The fourth-order valence-corrected chi connectivity index (χ4v) is 2.56. The van der Waals surface area contributed by atoms with Crippen molar-refractivity contribution in [3.8, 4) is 0 Å². The third kappa shape index (κ3) is 2.57. The van der Waals surface area contributed by atoms with Crippen LogP contribution in [0.1, 0.15) is 40.0 Å². The molecule has 1 aliphatic rings. The lowest BCUT2D eigenvalue weighted by Crippen LogP contribution is -2.38. The standard InChI is InChI=1S/C12H22O/c1-5-6-10-7-12(3,4)8-11(13)9(10)2/h5,9-11,13H,1,6-8H2,2-4H3/t9-,10+,11-/m1/s1. The molecule has 1 N–H and O–H groups in total. The van der Waals surface area contributed by atoms with Gasteiger partial charge in [0.25, 0.3) is 0 Å². The Morgan fingerprint density at radius 3 is 2.62 bits per heavy atom. The molecule has 0 heterocycles. The maximum absolute atomic E-state index is 9.88. The van der Waals surface area contributed by atoms with Crippen LogP contribution in [0.25, 0.3) is 0 Å². The Morgan fingerprint density at radius 1 is 1.46 bits per heavy atom. The van der Waals surface area contributed by atoms with Crippen molar-refractivity contribution in [3.05, 3.63) is 12.7 Å². The van der Waals surface area contributed by atoms with Crippen LogP contribution >= 0.6 is 0 Å². The molecule has 0 unspecified atom stereocenters. The molecule has 0 amide bonds. The van der Waals surface area contributed by atoms with Gasteiger partial charge in [-0.2, -0.15) is 0 Å². The average molecular weight is 182 g/mol. The molecule has 76 valence electrons. The van der Waals surface area contributed by atoms with Gasteiger partial charge in [0.1, 0.15) is 0 Å². The zero-order valence-electron chi connectivity index (χ0n) is 9.09. The quantitative estimate of drug-likeness (QED) is 0.651. The second-order valence-electron chi connectivity index (χ2n) is 5.28. The molecule has 1 fully saturated rings. The summed E-state index contributed by atoms with van der Waals surface area (Å²) in [5, 5.41) is 9.88. The summed E-state index contributed by atoms with van der Waals surface area (Å²) in [6, 6.07) is 0. The molecule has 0 aromatic rings. The second-order valence-corrected chi connectivity index (χ2v) is 5.28. The van der Waals surface area contributed by atoms with Gasteiger partial charge in [-0.1, -0.05) is 26.8 Å². The molecule has 0 saturated heterocycles. The first-order valence-corrected chi connectivity index (χ1v) is 5.25. The van der Waals surface area contributed by atoms with Crippen molar-refractivity contribution >= 4 is 0 Å². The van der Waals surface area contributed by atoms with Gasteiger partial charge in [0.05, 0.1) is 6.10 Å². The summed E-state index contributed by atoms with van der Waals surface area (Å²) < 4.78 is 0. The highest BCUT2D eigenvalue weighted by atomic mass is 16.3. The lowest BCUT2D eigenvalue weighted by Gasteiger charge is -2.42. The summed E-state index contributed by atoms with van der Waals surface area (Å²) in [6.07, 6.45) is 5.07. The number of hydrogen-bond acceptors (Lipinski definition) is 1. The van der Waals surface area contributed by atoms with E-state index < -0.39 is 0 Å². The van der Waals surface area contributed by atoms with Gasteiger partial charge < -0.3 is 5.11 Å². The molecule has 0 bridgehead atoms. The molecule has 0 aromatic heterocycles. The van der Waals surface area contributed by atoms with E-state index >= 15 is 0 Å². The zero-order chi connectivity index (χ0) is 10.1.